The topological polar surface area (TPSA) is 76.0 Å². The maximum absolute atomic E-state index is 10.9. The van der Waals surface area contributed by atoms with Gasteiger partial charge in [0, 0.05) is 18.1 Å². The summed E-state index contributed by atoms with van der Waals surface area (Å²) in [7, 11) is 0. The van der Waals surface area contributed by atoms with Gasteiger partial charge in [-0.15, -0.1) is 11.8 Å². The molecule has 17 heavy (non-hydrogen) atoms. The van der Waals surface area contributed by atoms with Gasteiger partial charge in [-0.1, -0.05) is 6.07 Å². The average molecular weight is 247 g/mol. The molecule has 0 saturated heterocycles. The summed E-state index contributed by atoms with van der Waals surface area (Å²) >= 11 is 1.45. The maximum Gasteiger partial charge on any atom is 0.354 e. The second-order valence-corrected chi connectivity index (χ2v) is 4.15. The third-order valence-electron chi connectivity index (χ3n) is 2.02. The number of aromatic carboxylic acids is 1. The molecule has 0 aliphatic heterocycles. The van der Waals surface area contributed by atoms with Crippen molar-refractivity contribution in [2.24, 2.45) is 0 Å². The Kier molecular flexibility index (Phi) is 3.66. The minimum absolute atomic E-state index is 0.0917. The molecule has 5 nitrogen and oxygen atoms in total. The second-order valence-electron chi connectivity index (χ2n) is 3.15. The average Bonchev–Trinajstić information content (AvgIpc) is 2.38. The summed E-state index contributed by atoms with van der Waals surface area (Å²) in [4.78, 5) is 22.6. The highest BCUT2D eigenvalue weighted by atomic mass is 32.2. The maximum atomic E-state index is 10.9. The quantitative estimate of drug-likeness (QED) is 0.656. The first-order valence-electron chi connectivity index (χ1n) is 4.83. The molecule has 2 aromatic rings. The molecule has 86 valence electrons. The second kappa shape index (κ2) is 5.40. The van der Waals surface area contributed by atoms with Gasteiger partial charge in [0.15, 0.2) is 5.69 Å². The number of nitrogens with zero attached hydrogens (tertiary/aromatic N) is 3. The molecule has 0 bridgehead atoms. The van der Waals surface area contributed by atoms with Gasteiger partial charge in [-0.05, 0) is 17.7 Å². The van der Waals surface area contributed by atoms with Crippen LogP contribution in [0, 0.1) is 0 Å². The van der Waals surface area contributed by atoms with Gasteiger partial charge in [0.2, 0.25) is 0 Å². The highest BCUT2D eigenvalue weighted by molar-refractivity contribution is 7.98. The van der Waals surface area contributed by atoms with E-state index in [9.17, 15) is 4.79 Å². The fraction of sp³-hybridized carbons (Fsp3) is 0.0909. The fourth-order valence-corrected chi connectivity index (χ4v) is 2.08. The normalized spacial score (nSPS) is 10.1. The van der Waals surface area contributed by atoms with Crippen molar-refractivity contribution in [1.82, 2.24) is 15.0 Å². The monoisotopic (exact) mass is 247 g/mol. The van der Waals surface area contributed by atoms with Crippen LogP contribution in [0.3, 0.4) is 0 Å². The molecule has 0 spiro atoms. The highest BCUT2D eigenvalue weighted by Gasteiger charge is 2.10. The van der Waals surface area contributed by atoms with Crippen LogP contribution < -0.4 is 0 Å². The van der Waals surface area contributed by atoms with E-state index in [0.29, 0.717) is 11.3 Å². The van der Waals surface area contributed by atoms with Crippen LogP contribution >= 0.6 is 11.8 Å². The molecule has 0 saturated carbocycles. The Morgan fingerprint density at radius 2 is 2.18 bits per heavy atom. The van der Waals surface area contributed by atoms with E-state index in [1.165, 1.54) is 24.3 Å². The van der Waals surface area contributed by atoms with Crippen LogP contribution in [0.4, 0.5) is 0 Å². The van der Waals surface area contributed by atoms with Crippen molar-refractivity contribution >= 4 is 17.7 Å². The van der Waals surface area contributed by atoms with Crippen LogP contribution in [-0.2, 0) is 5.75 Å². The number of carboxylic acid groups (broad SMARTS) is 1. The zero-order valence-electron chi connectivity index (χ0n) is 8.78. The summed E-state index contributed by atoms with van der Waals surface area (Å²) in [5, 5.41) is 9.77. The minimum atomic E-state index is -1.01. The zero-order valence-corrected chi connectivity index (χ0v) is 9.59. The summed E-state index contributed by atoms with van der Waals surface area (Å²) < 4.78 is 0. The molecule has 0 amide bonds. The van der Waals surface area contributed by atoms with E-state index < -0.39 is 5.97 Å². The van der Waals surface area contributed by atoms with Gasteiger partial charge in [0.1, 0.15) is 6.33 Å². The number of hydrogen-bond acceptors (Lipinski definition) is 5. The Hall–Kier alpha value is -1.95. The Morgan fingerprint density at radius 3 is 2.88 bits per heavy atom. The van der Waals surface area contributed by atoms with Crippen LogP contribution in [-0.4, -0.2) is 26.0 Å². The van der Waals surface area contributed by atoms with Gasteiger partial charge in [0.25, 0.3) is 0 Å². The molecule has 0 aromatic carbocycles. The van der Waals surface area contributed by atoms with Gasteiger partial charge in [-0.3, -0.25) is 0 Å². The van der Waals surface area contributed by atoms with Crippen molar-refractivity contribution in [3.63, 3.8) is 0 Å². The lowest BCUT2D eigenvalue weighted by molar-refractivity contribution is 0.0689. The molecular formula is C11H9N3O2S. The van der Waals surface area contributed by atoms with Crippen LogP contribution in [0.15, 0.2) is 41.9 Å². The SMILES string of the molecule is O=C(O)c1ncccc1CSc1ccncn1. The zero-order chi connectivity index (χ0) is 12.1. The molecule has 0 radical (unpaired) electrons. The first-order valence-corrected chi connectivity index (χ1v) is 5.82. The van der Waals surface area contributed by atoms with E-state index in [2.05, 4.69) is 15.0 Å². The number of thioether (sulfide) groups is 1. The van der Waals surface area contributed by atoms with E-state index >= 15 is 0 Å². The molecule has 6 heteroatoms. The molecule has 2 aromatic heterocycles. The van der Waals surface area contributed by atoms with Crippen molar-refractivity contribution in [2.75, 3.05) is 0 Å². The smallest absolute Gasteiger partial charge is 0.354 e. The Labute approximate surface area is 102 Å². The van der Waals surface area contributed by atoms with E-state index in [4.69, 9.17) is 5.11 Å². The summed E-state index contributed by atoms with van der Waals surface area (Å²) in [6.07, 6.45) is 4.59. The fourth-order valence-electron chi connectivity index (χ4n) is 1.26. The molecule has 0 unspecified atom stereocenters. The van der Waals surface area contributed by atoms with Gasteiger partial charge in [-0.2, -0.15) is 0 Å². The third kappa shape index (κ3) is 3.01. The Balaban J connectivity index is 2.12. The molecule has 0 aliphatic carbocycles. The summed E-state index contributed by atoms with van der Waals surface area (Å²) in [6.45, 7) is 0. The van der Waals surface area contributed by atoms with Crippen LogP contribution in [0.1, 0.15) is 16.1 Å². The summed E-state index contributed by atoms with van der Waals surface area (Å²) in [6, 6.07) is 5.26. The largest absolute Gasteiger partial charge is 0.477 e. The summed E-state index contributed by atoms with van der Waals surface area (Å²) in [5.41, 5.74) is 0.776. The first-order chi connectivity index (χ1) is 8.27. The van der Waals surface area contributed by atoms with Gasteiger partial charge >= 0.3 is 5.97 Å². The predicted octanol–water partition coefficient (Wildman–Crippen LogP) is 1.86. The minimum Gasteiger partial charge on any atom is -0.477 e. The van der Waals surface area contributed by atoms with Gasteiger partial charge < -0.3 is 5.11 Å². The van der Waals surface area contributed by atoms with E-state index in [1.54, 1.807) is 24.4 Å². The van der Waals surface area contributed by atoms with E-state index in [0.717, 1.165) is 5.03 Å². The predicted molar refractivity (Wildman–Crippen MR) is 62.8 cm³/mol. The van der Waals surface area contributed by atoms with Crippen LogP contribution in [0.5, 0.6) is 0 Å². The van der Waals surface area contributed by atoms with Crippen LogP contribution in [0.25, 0.3) is 0 Å². The molecule has 2 rings (SSSR count). The first kappa shape index (κ1) is 11.5. The molecule has 2 heterocycles. The molecular weight excluding hydrogens is 238 g/mol. The highest BCUT2D eigenvalue weighted by Crippen LogP contribution is 2.21. The number of carbonyl (C=O) groups is 1. The van der Waals surface area contributed by atoms with E-state index in [-0.39, 0.29) is 5.69 Å². The number of pyridine rings is 1. The van der Waals surface area contributed by atoms with Gasteiger partial charge in [0.05, 0.1) is 5.03 Å². The van der Waals surface area contributed by atoms with E-state index in [1.807, 2.05) is 0 Å². The lowest BCUT2D eigenvalue weighted by atomic mass is 10.2. The number of carboxylic acids is 1. The van der Waals surface area contributed by atoms with Crippen molar-refractivity contribution < 1.29 is 9.90 Å². The van der Waals surface area contributed by atoms with Crippen molar-refractivity contribution in [1.29, 1.82) is 0 Å². The number of rotatable bonds is 4. The lowest BCUT2D eigenvalue weighted by Gasteiger charge is -2.03. The van der Waals surface area contributed by atoms with Crippen molar-refractivity contribution in [3.05, 3.63) is 48.2 Å². The number of hydrogen-bond donors (Lipinski definition) is 1. The Bertz CT molecular complexity index is 519. The molecule has 1 N–H and O–H groups in total. The van der Waals surface area contributed by atoms with Gasteiger partial charge in [-0.25, -0.2) is 19.7 Å². The molecule has 0 fully saturated rings. The third-order valence-corrected chi connectivity index (χ3v) is 3.02. The Morgan fingerprint density at radius 1 is 1.29 bits per heavy atom. The van der Waals surface area contributed by atoms with Crippen molar-refractivity contribution in [2.45, 2.75) is 10.8 Å². The summed E-state index contributed by atoms with van der Waals surface area (Å²) in [5.74, 6) is -0.490. The number of aromatic nitrogens is 3. The molecule has 0 aliphatic rings. The lowest BCUT2D eigenvalue weighted by Crippen LogP contribution is -2.04. The van der Waals surface area contributed by atoms with Crippen LogP contribution in [0.2, 0.25) is 0 Å². The standard InChI is InChI=1S/C11H9N3O2S/c15-11(16)10-8(2-1-4-13-10)6-17-9-3-5-12-7-14-9/h1-5,7H,6H2,(H,15,16). The molecule has 0 atom stereocenters. The van der Waals surface area contributed by atoms with Crippen molar-refractivity contribution in [3.8, 4) is 0 Å².